The number of likely N-dealkylation sites (tertiary alicyclic amines) is 1. The number of hydrogen-bond donors (Lipinski definition) is 0. The standard InChI is InChI=1S/C25H23BrN2O4/c1-32-13-5-12-27-24(30)20-19-10-8-16-14-17(26)9-11-18(16)28(19)22(21(20)25(27)31)23(29)15-6-3-2-4-7-15/h2-4,6-11,14,19-22H,5,12-13H2,1H3/t19-,20-,21+,22-/m0/s1. The van der Waals surface area contributed by atoms with Crippen molar-refractivity contribution >= 4 is 45.3 Å². The van der Waals surface area contributed by atoms with Crippen molar-refractivity contribution in [2.75, 3.05) is 25.2 Å². The number of nitrogens with zero attached hydrogens (tertiary/aromatic N) is 2. The lowest BCUT2D eigenvalue weighted by Crippen LogP contribution is -2.48. The van der Waals surface area contributed by atoms with E-state index in [0.29, 0.717) is 25.1 Å². The molecule has 2 aromatic carbocycles. The van der Waals surface area contributed by atoms with Crippen molar-refractivity contribution in [2.45, 2.75) is 18.5 Å². The summed E-state index contributed by atoms with van der Waals surface area (Å²) in [6.45, 7) is 0.779. The lowest BCUT2D eigenvalue weighted by molar-refractivity contribution is -0.140. The minimum atomic E-state index is -0.735. The van der Waals surface area contributed by atoms with Gasteiger partial charge in [-0.1, -0.05) is 58.4 Å². The Hall–Kier alpha value is -2.77. The number of imide groups is 1. The molecule has 0 spiro atoms. The van der Waals surface area contributed by atoms with Crippen molar-refractivity contribution < 1.29 is 19.1 Å². The highest BCUT2D eigenvalue weighted by molar-refractivity contribution is 9.10. The van der Waals surface area contributed by atoms with Crippen LogP contribution >= 0.6 is 15.9 Å². The van der Waals surface area contributed by atoms with Gasteiger partial charge in [0.15, 0.2) is 5.78 Å². The van der Waals surface area contributed by atoms with Gasteiger partial charge in [-0.3, -0.25) is 19.3 Å². The van der Waals surface area contributed by atoms with Crippen molar-refractivity contribution in [2.24, 2.45) is 11.8 Å². The van der Waals surface area contributed by atoms with Gasteiger partial charge in [-0.25, -0.2) is 0 Å². The Labute approximate surface area is 195 Å². The van der Waals surface area contributed by atoms with Gasteiger partial charge < -0.3 is 9.64 Å². The predicted molar refractivity (Wildman–Crippen MR) is 124 cm³/mol. The molecule has 2 aromatic rings. The number of anilines is 1. The van der Waals surface area contributed by atoms with E-state index in [1.807, 2.05) is 53.5 Å². The zero-order valence-electron chi connectivity index (χ0n) is 17.6. The number of carbonyl (C=O) groups is 3. The average molecular weight is 495 g/mol. The maximum absolute atomic E-state index is 13.8. The van der Waals surface area contributed by atoms with Gasteiger partial charge in [0.25, 0.3) is 0 Å². The molecule has 32 heavy (non-hydrogen) atoms. The van der Waals surface area contributed by atoms with Crippen LogP contribution in [0.15, 0.2) is 59.1 Å². The smallest absolute Gasteiger partial charge is 0.235 e. The molecule has 0 saturated carbocycles. The first kappa shape index (κ1) is 21.1. The number of ketones is 1. The van der Waals surface area contributed by atoms with E-state index in [1.165, 1.54) is 4.90 Å². The van der Waals surface area contributed by atoms with E-state index in [0.717, 1.165) is 15.7 Å². The molecular formula is C25H23BrN2O4. The number of amides is 2. The molecule has 164 valence electrons. The summed E-state index contributed by atoms with van der Waals surface area (Å²) in [6.07, 6.45) is 4.53. The van der Waals surface area contributed by atoms with Crippen LogP contribution in [0.4, 0.5) is 5.69 Å². The lowest BCUT2D eigenvalue weighted by Gasteiger charge is -2.36. The highest BCUT2D eigenvalue weighted by Gasteiger charge is 2.63. The Morgan fingerprint density at radius 2 is 1.81 bits per heavy atom. The van der Waals surface area contributed by atoms with E-state index in [1.54, 1.807) is 19.2 Å². The summed E-state index contributed by atoms with van der Waals surface area (Å²) in [5, 5.41) is 0. The number of fused-ring (bicyclic) bond motifs is 5. The Morgan fingerprint density at radius 1 is 1.06 bits per heavy atom. The molecule has 0 unspecified atom stereocenters. The van der Waals surface area contributed by atoms with Gasteiger partial charge in [0.1, 0.15) is 6.04 Å². The first-order valence-electron chi connectivity index (χ1n) is 10.7. The number of hydrogen-bond acceptors (Lipinski definition) is 5. The molecule has 0 bridgehead atoms. The summed E-state index contributed by atoms with van der Waals surface area (Å²) < 4.78 is 6.02. The monoisotopic (exact) mass is 494 g/mol. The van der Waals surface area contributed by atoms with Crippen molar-refractivity contribution in [3.8, 4) is 0 Å². The molecule has 4 atom stereocenters. The van der Waals surface area contributed by atoms with Crippen LogP contribution in [-0.2, 0) is 14.3 Å². The molecule has 0 aromatic heterocycles. The van der Waals surface area contributed by atoms with E-state index in [9.17, 15) is 14.4 Å². The Morgan fingerprint density at radius 3 is 2.56 bits per heavy atom. The number of Topliss-reactive ketones (excluding diaryl/α,β-unsaturated/α-hetero) is 1. The Bertz CT molecular complexity index is 1120. The fourth-order valence-electron chi connectivity index (χ4n) is 5.27. The fourth-order valence-corrected chi connectivity index (χ4v) is 5.65. The third-order valence-electron chi connectivity index (χ3n) is 6.62. The van der Waals surface area contributed by atoms with Gasteiger partial charge in [0.05, 0.1) is 17.9 Å². The highest BCUT2D eigenvalue weighted by atomic mass is 79.9. The number of ether oxygens (including phenoxy) is 1. The zero-order valence-corrected chi connectivity index (χ0v) is 19.2. The SMILES string of the molecule is COCCCN1C(=O)[C@@H]2[C@@H](C1=O)[C@@H]1C=Cc3cc(Br)ccc3N1[C@@H]2C(=O)c1ccccc1. The largest absolute Gasteiger partial charge is 0.385 e. The molecule has 6 nitrogen and oxygen atoms in total. The molecule has 2 fully saturated rings. The number of benzene rings is 2. The summed E-state index contributed by atoms with van der Waals surface area (Å²) in [5.41, 5.74) is 2.37. The van der Waals surface area contributed by atoms with Crippen LogP contribution in [-0.4, -0.2) is 54.8 Å². The number of rotatable bonds is 6. The average Bonchev–Trinajstić information content (AvgIpc) is 3.27. The molecule has 0 N–H and O–H groups in total. The van der Waals surface area contributed by atoms with Gasteiger partial charge >= 0.3 is 0 Å². The molecule has 7 heteroatoms. The van der Waals surface area contributed by atoms with E-state index in [4.69, 9.17) is 4.74 Å². The van der Waals surface area contributed by atoms with Crippen LogP contribution in [0.1, 0.15) is 22.3 Å². The maximum Gasteiger partial charge on any atom is 0.235 e. The lowest BCUT2D eigenvalue weighted by atomic mass is 9.86. The highest BCUT2D eigenvalue weighted by Crippen LogP contribution is 2.49. The minimum Gasteiger partial charge on any atom is -0.385 e. The molecule has 2 saturated heterocycles. The molecule has 3 aliphatic heterocycles. The summed E-state index contributed by atoms with van der Waals surface area (Å²) >= 11 is 3.50. The maximum atomic E-state index is 13.8. The quantitative estimate of drug-likeness (QED) is 0.349. The normalized spacial score (nSPS) is 25.7. The van der Waals surface area contributed by atoms with Crippen molar-refractivity contribution in [1.82, 2.24) is 4.90 Å². The summed E-state index contributed by atoms with van der Waals surface area (Å²) in [7, 11) is 1.59. The topological polar surface area (TPSA) is 66.9 Å². The van der Waals surface area contributed by atoms with Gasteiger partial charge in [0.2, 0.25) is 11.8 Å². The zero-order chi connectivity index (χ0) is 22.4. The van der Waals surface area contributed by atoms with Gasteiger partial charge in [0, 0.05) is 36.0 Å². The minimum absolute atomic E-state index is 0.132. The molecule has 2 amide bonds. The molecule has 3 aliphatic rings. The summed E-state index contributed by atoms with van der Waals surface area (Å²) in [5.74, 6) is -1.86. The van der Waals surface area contributed by atoms with Gasteiger partial charge in [-0.05, 0) is 30.2 Å². The molecule has 0 radical (unpaired) electrons. The fraction of sp³-hybridized carbons (Fsp3) is 0.320. The van der Waals surface area contributed by atoms with E-state index in [2.05, 4.69) is 15.9 Å². The van der Waals surface area contributed by atoms with Crippen LogP contribution < -0.4 is 4.90 Å². The number of halogens is 1. The Balaban J connectivity index is 1.59. The van der Waals surface area contributed by atoms with Crippen LogP contribution in [0.3, 0.4) is 0 Å². The van der Waals surface area contributed by atoms with Gasteiger partial charge in [-0.15, -0.1) is 0 Å². The molecule has 3 heterocycles. The molecule has 0 aliphatic carbocycles. The van der Waals surface area contributed by atoms with Crippen molar-refractivity contribution in [3.05, 3.63) is 70.2 Å². The summed E-state index contributed by atoms with van der Waals surface area (Å²) in [6, 6.07) is 13.8. The van der Waals surface area contributed by atoms with E-state index in [-0.39, 0.29) is 23.6 Å². The van der Waals surface area contributed by atoms with E-state index < -0.39 is 17.9 Å². The van der Waals surface area contributed by atoms with Crippen LogP contribution in [0.25, 0.3) is 6.08 Å². The third-order valence-corrected chi connectivity index (χ3v) is 7.11. The number of carbonyl (C=O) groups excluding carboxylic acids is 3. The second-order valence-corrected chi connectivity index (χ2v) is 9.28. The number of methoxy groups -OCH3 is 1. The third kappa shape index (κ3) is 3.22. The van der Waals surface area contributed by atoms with Crippen LogP contribution in [0.2, 0.25) is 0 Å². The van der Waals surface area contributed by atoms with E-state index >= 15 is 0 Å². The molecular weight excluding hydrogens is 472 g/mol. The second kappa shape index (κ2) is 8.30. The second-order valence-electron chi connectivity index (χ2n) is 8.36. The first-order chi connectivity index (χ1) is 15.5. The van der Waals surface area contributed by atoms with Crippen LogP contribution in [0, 0.1) is 11.8 Å². The molecule has 5 rings (SSSR count). The van der Waals surface area contributed by atoms with Crippen molar-refractivity contribution in [3.63, 3.8) is 0 Å². The predicted octanol–water partition coefficient (Wildman–Crippen LogP) is 3.55. The first-order valence-corrected chi connectivity index (χ1v) is 11.5. The van der Waals surface area contributed by atoms with Crippen molar-refractivity contribution in [1.29, 1.82) is 0 Å². The van der Waals surface area contributed by atoms with Crippen LogP contribution in [0.5, 0.6) is 0 Å². The Kier molecular flexibility index (Phi) is 5.47. The van der Waals surface area contributed by atoms with Gasteiger partial charge in [-0.2, -0.15) is 0 Å². The summed E-state index contributed by atoms with van der Waals surface area (Å²) in [4.78, 5) is 44.0.